The summed E-state index contributed by atoms with van der Waals surface area (Å²) in [5.74, 6) is 6.57. The number of aliphatic hydroxyl groups excluding tert-OH is 1. The molecular formula is C18H25NO2. The normalized spacial score (nSPS) is 17.9. The van der Waals surface area contributed by atoms with Crippen molar-refractivity contribution in [3.8, 4) is 17.6 Å². The number of hydrogen-bond acceptors (Lipinski definition) is 3. The number of benzene rings is 1. The van der Waals surface area contributed by atoms with Gasteiger partial charge in [-0.05, 0) is 43.0 Å². The summed E-state index contributed by atoms with van der Waals surface area (Å²) in [6.45, 7) is 7.70. The van der Waals surface area contributed by atoms with Crippen LogP contribution in [0.15, 0.2) is 18.2 Å². The molecule has 3 nitrogen and oxygen atoms in total. The Morgan fingerprint density at radius 2 is 2.19 bits per heavy atom. The van der Waals surface area contributed by atoms with Crippen LogP contribution in [-0.2, 0) is 6.54 Å². The summed E-state index contributed by atoms with van der Waals surface area (Å²) in [5.41, 5.74) is 2.48. The molecule has 1 fully saturated rings. The topological polar surface area (TPSA) is 32.7 Å². The summed E-state index contributed by atoms with van der Waals surface area (Å²) < 4.78 is 5.47. The van der Waals surface area contributed by atoms with Crippen molar-refractivity contribution in [1.29, 1.82) is 0 Å². The molecule has 0 spiro atoms. The lowest BCUT2D eigenvalue weighted by Crippen LogP contribution is -2.39. The van der Waals surface area contributed by atoms with Gasteiger partial charge in [-0.25, -0.2) is 0 Å². The van der Waals surface area contributed by atoms with E-state index in [0.717, 1.165) is 30.9 Å². The van der Waals surface area contributed by atoms with E-state index >= 15 is 0 Å². The molecule has 0 bridgehead atoms. The summed E-state index contributed by atoms with van der Waals surface area (Å²) in [7, 11) is 1.71. The highest BCUT2D eigenvalue weighted by atomic mass is 16.5. The first kappa shape index (κ1) is 15.9. The lowest BCUT2D eigenvalue weighted by atomic mass is 9.84. The van der Waals surface area contributed by atoms with E-state index in [0.29, 0.717) is 5.41 Å². The molecule has 0 radical (unpaired) electrons. The monoisotopic (exact) mass is 287 g/mol. The number of nitrogens with zero attached hydrogens (tertiary/aromatic N) is 1. The average Bonchev–Trinajstić information content (AvgIpc) is 2.44. The van der Waals surface area contributed by atoms with Gasteiger partial charge in [0.15, 0.2) is 0 Å². The second-order valence-electron chi connectivity index (χ2n) is 6.46. The predicted octanol–water partition coefficient (Wildman–Crippen LogP) is 2.66. The maximum atomic E-state index is 8.81. The molecule has 1 aromatic rings. The Labute approximate surface area is 127 Å². The van der Waals surface area contributed by atoms with Crippen molar-refractivity contribution in [3.63, 3.8) is 0 Å². The van der Waals surface area contributed by atoms with Crippen LogP contribution in [0.5, 0.6) is 5.75 Å². The van der Waals surface area contributed by atoms with Gasteiger partial charge in [0.2, 0.25) is 0 Å². The van der Waals surface area contributed by atoms with Crippen LogP contribution < -0.4 is 4.74 Å². The van der Waals surface area contributed by atoms with E-state index < -0.39 is 0 Å². The van der Waals surface area contributed by atoms with E-state index in [1.807, 2.05) is 12.1 Å². The zero-order chi connectivity index (χ0) is 15.3. The largest absolute Gasteiger partial charge is 0.496 e. The summed E-state index contributed by atoms with van der Waals surface area (Å²) in [6, 6.07) is 5.97. The van der Waals surface area contributed by atoms with E-state index in [1.54, 1.807) is 7.11 Å². The number of aliphatic hydroxyl groups is 1. The third-order valence-corrected chi connectivity index (χ3v) is 3.97. The minimum Gasteiger partial charge on any atom is -0.496 e. The van der Waals surface area contributed by atoms with Gasteiger partial charge >= 0.3 is 0 Å². The molecule has 0 atom stereocenters. The summed E-state index contributed by atoms with van der Waals surface area (Å²) in [4.78, 5) is 2.49. The molecule has 1 aliphatic rings. The molecule has 114 valence electrons. The van der Waals surface area contributed by atoms with E-state index in [1.165, 1.54) is 18.4 Å². The standard InChI is InChI=1S/C18H25NO2/c1-18(2)9-5-10-19(14-18)13-16-12-15(6-4-11-20)7-8-17(16)21-3/h7-8,12,20H,5,9-11,13-14H2,1-3H3. The van der Waals surface area contributed by atoms with Crippen LogP contribution in [-0.4, -0.2) is 36.8 Å². The predicted molar refractivity (Wildman–Crippen MR) is 85.2 cm³/mol. The Morgan fingerprint density at radius 1 is 1.38 bits per heavy atom. The van der Waals surface area contributed by atoms with Crippen LogP contribution in [0, 0.1) is 17.3 Å². The van der Waals surface area contributed by atoms with E-state index in [4.69, 9.17) is 9.84 Å². The van der Waals surface area contributed by atoms with Crippen LogP contribution in [0.25, 0.3) is 0 Å². The van der Waals surface area contributed by atoms with Gasteiger partial charge < -0.3 is 9.84 Å². The molecule has 0 saturated carbocycles. The first-order chi connectivity index (χ1) is 10.0. The van der Waals surface area contributed by atoms with Gasteiger partial charge in [-0.15, -0.1) is 0 Å². The van der Waals surface area contributed by atoms with E-state index in [9.17, 15) is 0 Å². The fourth-order valence-electron chi connectivity index (χ4n) is 3.04. The summed E-state index contributed by atoms with van der Waals surface area (Å²) >= 11 is 0. The maximum Gasteiger partial charge on any atom is 0.123 e. The highest BCUT2D eigenvalue weighted by molar-refractivity contribution is 5.44. The number of piperidine rings is 1. The highest BCUT2D eigenvalue weighted by Crippen LogP contribution is 2.30. The van der Waals surface area contributed by atoms with Crippen LogP contribution in [0.2, 0.25) is 0 Å². The van der Waals surface area contributed by atoms with E-state index in [2.05, 4.69) is 36.7 Å². The SMILES string of the molecule is COc1ccc(C#CCO)cc1CN1CCCC(C)(C)C1. The van der Waals surface area contributed by atoms with Crippen molar-refractivity contribution in [1.82, 2.24) is 4.90 Å². The third kappa shape index (κ3) is 4.49. The zero-order valence-electron chi connectivity index (χ0n) is 13.3. The lowest BCUT2D eigenvalue weighted by molar-refractivity contribution is 0.111. The third-order valence-electron chi connectivity index (χ3n) is 3.97. The van der Waals surface area contributed by atoms with Crippen LogP contribution in [0.4, 0.5) is 0 Å². The molecule has 0 unspecified atom stereocenters. The highest BCUT2D eigenvalue weighted by Gasteiger charge is 2.26. The average molecular weight is 287 g/mol. The molecule has 1 heterocycles. The van der Waals surface area contributed by atoms with Crippen molar-refractivity contribution < 1.29 is 9.84 Å². The number of methoxy groups -OCH3 is 1. The molecule has 0 amide bonds. The molecule has 3 heteroatoms. The van der Waals surface area contributed by atoms with Gasteiger partial charge in [0, 0.05) is 24.2 Å². The molecule has 1 N–H and O–H groups in total. The van der Waals surface area contributed by atoms with Gasteiger partial charge in [0.05, 0.1) is 7.11 Å². The minimum absolute atomic E-state index is 0.109. The smallest absolute Gasteiger partial charge is 0.123 e. The molecule has 0 aliphatic carbocycles. The van der Waals surface area contributed by atoms with Crippen LogP contribution in [0.3, 0.4) is 0 Å². The van der Waals surface area contributed by atoms with Crippen molar-refractivity contribution in [3.05, 3.63) is 29.3 Å². The Hall–Kier alpha value is -1.50. The molecule has 2 rings (SSSR count). The maximum absolute atomic E-state index is 8.81. The summed E-state index contributed by atoms with van der Waals surface area (Å²) in [6.07, 6.45) is 2.54. The number of likely N-dealkylation sites (tertiary alicyclic amines) is 1. The van der Waals surface area contributed by atoms with Gasteiger partial charge in [-0.2, -0.15) is 0 Å². The lowest BCUT2D eigenvalue weighted by Gasteiger charge is -2.38. The Bertz CT molecular complexity index is 540. The van der Waals surface area contributed by atoms with Crippen molar-refractivity contribution in [2.24, 2.45) is 5.41 Å². The van der Waals surface area contributed by atoms with Crippen LogP contribution in [0.1, 0.15) is 37.8 Å². The van der Waals surface area contributed by atoms with Gasteiger partial charge in [0.25, 0.3) is 0 Å². The second-order valence-corrected chi connectivity index (χ2v) is 6.46. The molecule has 1 aromatic carbocycles. The second kappa shape index (κ2) is 6.98. The molecule has 0 aromatic heterocycles. The van der Waals surface area contributed by atoms with Crippen molar-refractivity contribution >= 4 is 0 Å². The fraction of sp³-hybridized carbons (Fsp3) is 0.556. The number of ether oxygens (including phenoxy) is 1. The number of hydrogen-bond donors (Lipinski definition) is 1. The first-order valence-electron chi connectivity index (χ1n) is 7.53. The summed E-state index contributed by atoms with van der Waals surface area (Å²) in [5, 5.41) is 8.81. The first-order valence-corrected chi connectivity index (χ1v) is 7.53. The fourth-order valence-corrected chi connectivity index (χ4v) is 3.04. The Kier molecular flexibility index (Phi) is 5.27. The molecule has 21 heavy (non-hydrogen) atoms. The van der Waals surface area contributed by atoms with Gasteiger partial charge in [-0.1, -0.05) is 25.7 Å². The minimum atomic E-state index is -0.109. The van der Waals surface area contributed by atoms with Crippen molar-refractivity contribution in [2.75, 3.05) is 26.8 Å². The Morgan fingerprint density at radius 3 is 2.86 bits per heavy atom. The molecule has 1 aliphatic heterocycles. The van der Waals surface area contributed by atoms with E-state index in [-0.39, 0.29) is 6.61 Å². The van der Waals surface area contributed by atoms with Gasteiger partial charge in [0.1, 0.15) is 12.4 Å². The quantitative estimate of drug-likeness (QED) is 0.868. The zero-order valence-corrected chi connectivity index (χ0v) is 13.3. The van der Waals surface area contributed by atoms with Gasteiger partial charge in [-0.3, -0.25) is 4.90 Å². The Balaban J connectivity index is 2.17. The number of rotatable bonds is 3. The van der Waals surface area contributed by atoms with Crippen LogP contribution >= 0.6 is 0 Å². The van der Waals surface area contributed by atoms with Crippen molar-refractivity contribution in [2.45, 2.75) is 33.2 Å². The molecule has 1 saturated heterocycles. The molecular weight excluding hydrogens is 262 g/mol.